The smallest absolute Gasteiger partial charge is 0.0911 e. The number of allylic oxidation sites excluding steroid dienone is 1. The van der Waals surface area contributed by atoms with E-state index in [4.69, 9.17) is 0 Å². The van der Waals surface area contributed by atoms with Crippen LogP contribution < -0.4 is 9.80 Å². The van der Waals surface area contributed by atoms with Crippen LogP contribution in [0.25, 0.3) is 5.57 Å². The molecule has 0 aliphatic heterocycles. The maximum atomic E-state index is 2.45. The second-order valence-corrected chi connectivity index (χ2v) is 10.3. The fourth-order valence-corrected chi connectivity index (χ4v) is 6.31. The first-order valence-corrected chi connectivity index (χ1v) is 14.5. The summed E-state index contributed by atoms with van der Waals surface area (Å²) in [6.07, 6.45) is 3.40. The van der Waals surface area contributed by atoms with Gasteiger partial charge in [0.1, 0.15) is 0 Å². The maximum Gasteiger partial charge on any atom is 0.0911 e. The monoisotopic (exact) mass is 508 g/mol. The zero-order chi connectivity index (χ0) is 26.0. The van der Waals surface area contributed by atoms with Gasteiger partial charge in [0.25, 0.3) is 0 Å². The highest BCUT2D eigenvalue weighted by molar-refractivity contribution is 7.16. The van der Waals surface area contributed by atoms with E-state index in [2.05, 4.69) is 141 Å². The fraction of sp³-hybridized carbons (Fsp3) is 0.294. The van der Waals surface area contributed by atoms with Crippen LogP contribution in [0, 0.1) is 0 Å². The van der Waals surface area contributed by atoms with Crippen LogP contribution >= 0.6 is 11.3 Å². The summed E-state index contributed by atoms with van der Waals surface area (Å²) in [6.45, 7) is 13.0. The molecule has 1 aromatic heterocycles. The number of anilines is 2. The van der Waals surface area contributed by atoms with Crippen LogP contribution in [0.1, 0.15) is 61.6 Å². The second-order valence-electron chi connectivity index (χ2n) is 9.25. The van der Waals surface area contributed by atoms with Crippen molar-refractivity contribution in [1.29, 1.82) is 0 Å². The molecule has 0 amide bonds. The van der Waals surface area contributed by atoms with Gasteiger partial charge < -0.3 is 9.80 Å². The minimum Gasteiger partial charge on any atom is -0.372 e. The number of hydrogen-bond acceptors (Lipinski definition) is 3. The third kappa shape index (κ3) is 6.53. The summed E-state index contributed by atoms with van der Waals surface area (Å²) in [5.41, 5.74) is 6.50. The van der Waals surface area contributed by atoms with Crippen LogP contribution in [-0.4, -0.2) is 26.2 Å². The fourth-order valence-electron chi connectivity index (χ4n) is 5.03. The van der Waals surface area contributed by atoms with Crippen molar-refractivity contribution in [2.75, 3.05) is 36.0 Å². The van der Waals surface area contributed by atoms with E-state index in [1.807, 2.05) is 11.3 Å². The number of thiophene rings is 1. The minimum absolute atomic E-state index is 0.308. The summed E-state index contributed by atoms with van der Waals surface area (Å²) >= 11 is 1.94. The van der Waals surface area contributed by atoms with Gasteiger partial charge in [-0.05, 0) is 80.6 Å². The first-order chi connectivity index (χ1) is 18.2. The molecule has 4 aromatic rings. The largest absolute Gasteiger partial charge is 0.372 e. The zero-order valence-corrected chi connectivity index (χ0v) is 23.5. The van der Waals surface area contributed by atoms with Crippen LogP contribution in [-0.2, 0) is 0 Å². The first kappa shape index (κ1) is 26.8. The van der Waals surface area contributed by atoms with Crippen molar-refractivity contribution in [3.05, 3.63) is 125 Å². The minimum atomic E-state index is 0.308. The summed E-state index contributed by atoms with van der Waals surface area (Å²) in [5.74, 6) is 0.308. The molecule has 0 radical (unpaired) electrons. The average Bonchev–Trinajstić information content (AvgIpc) is 3.43. The van der Waals surface area contributed by atoms with E-state index in [9.17, 15) is 0 Å². The van der Waals surface area contributed by atoms with Gasteiger partial charge in [0.2, 0.25) is 0 Å². The predicted octanol–water partition coefficient (Wildman–Crippen LogP) is 9.09. The number of benzene rings is 3. The standard InChI is InChI=1S/C34H40N2S/c1-5-35(6-2)30-21-19-29(20-22-30)32(33-25-26-34(37-33)36(7-3)8-4)24-23-31(27-15-11-9-12-16-27)28-17-13-10-14-18-28/h9-23,25-26,32H,5-8,24H2,1-4H3. The Labute approximate surface area is 227 Å². The Balaban J connectivity index is 1.74. The van der Waals surface area contributed by atoms with Crippen LogP contribution in [0.4, 0.5) is 10.7 Å². The lowest BCUT2D eigenvalue weighted by Crippen LogP contribution is -2.21. The molecule has 0 aliphatic rings. The summed E-state index contributed by atoms with van der Waals surface area (Å²) in [5, 5.41) is 1.36. The van der Waals surface area contributed by atoms with Crippen molar-refractivity contribution < 1.29 is 0 Å². The molecule has 3 aromatic carbocycles. The molecule has 4 rings (SSSR count). The topological polar surface area (TPSA) is 6.48 Å². The van der Waals surface area contributed by atoms with Gasteiger partial charge >= 0.3 is 0 Å². The van der Waals surface area contributed by atoms with Gasteiger partial charge in [-0.2, -0.15) is 0 Å². The number of nitrogens with zero attached hydrogens (tertiary/aromatic N) is 2. The van der Waals surface area contributed by atoms with E-state index >= 15 is 0 Å². The molecule has 37 heavy (non-hydrogen) atoms. The molecule has 0 bridgehead atoms. The van der Waals surface area contributed by atoms with Crippen LogP contribution in [0.2, 0.25) is 0 Å². The first-order valence-electron chi connectivity index (χ1n) is 13.7. The van der Waals surface area contributed by atoms with Crippen LogP contribution in [0.5, 0.6) is 0 Å². The molecule has 1 unspecified atom stereocenters. The highest BCUT2D eigenvalue weighted by atomic mass is 32.1. The molecule has 3 heteroatoms. The van der Waals surface area contributed by atoms with E-state index in [1.54, 1.807) is 0 Å². The maximum absolute atomic E-state index is 2.45. The lowest BCUT2D eigenvalue weighted by molar-refractivity contribution is 0.842. The van der Waals surface area contributed by atoms with Crippen molar-refractivity contribution in [1.82, 2.24) is 0 Å². The highest BCUT2D eigenvalue weighted by Gasteiger charge is 2.18. The Bertz CT molecular complexity index is 1190. The molecule has 0 saturated carbocycles. The van der Waals surface area contributed by atoms with Gasteiger partial charge in [0.05, 0.1) is 5.00 Å². The zero-order valence-electron chi connectivity index (χ0n) is 22.7. The van der Waals surface area contributed by atoms with Gasteiger partial charge in [0, 0.05) is 42.7 Å². The molecule has 1 atom stereocenters. The molecular formula is C34H40N2S. The van der Waals surface area contributed by atoms with Crippen molar-refractivity contribution in [3.8, 4) is 0 Å². The summed E-state index contributed by atoms with van der Waals surface area (Å²) in [4.78, 5) is 6.28. The SMILES string of the molecule is CCN(CC)c1ccc(C(CC=C(c2ccccc2)c2ccccc2)c2ccc(N(CC)CC)s2)cc1. The Morgan fingerprint density at radius 3 is 1.70 bits per heavy atom. The number of hydrogen-bond donors (Lipinski definition) is 0. The van der Waals surface area contributed by atoms with Gasteiger partial charge in [-0.3, -0.25) is 0 Å². The summed E-state index contributed by atoms with van der Waals surface area (Å²) in [7, 11) is 0. The molecule has 192 valence electrons. The molecule has 0 N–H and O–H groups in total. The third-order valence-electron chi connectivity index (χ3n) is 7.18. The lowest BCUT2D eigenvalue weighted by Gasteiger charge is -2.22. The Kier molecular flexibility index (Phi) is 9.62. The van der Waals surface area contributed by atoms with Gasteiger partial charge in [-0.15, -0.1) is 11.3 Å². The van der Waals surface area contributed by atoms with E-state index in [0.29, 0.717) is 5.92 Å². The predicted molar refractivity (Wildman–Crippen MR) is 164 cm³/mol. The van der Waals surface area contributed by atoms with E-state index in [0.717, 1.165) is 32.6 Å². The Hall–Kier alpha value is -3.30. The molecule has 0 aliphatic carbocycles. The molecule has 1 heterocycles. The summed E-state index contributed by atoms with van der Waals surface area (Å²) in [6, 6.07) is 35.5. The van der Waals surface area contributed by atoms with Crippen molar-refractivity contribution in [2.24, 2.45) is 0 Å². The van der Waals surface area contributed by atoms with Crippen molar-refractivity contribution >= 4 is 27.6 Å². The molecule has 2 nitrogen and oxygen atoms in total. The molecule has 0 fully saturated rings. The Morgan fingerprint density at radius 2 is 1.19 bits per heavy atom. The second kappa shape index (κ2) is 13.3. The molecule has 0 spiro atoms. The van der Waals surface area contributed by atoms with Gasteiger partial charge in [-0.1, -0.05) is 78.9 Å². The molecule has 0 saturated heterocycles. The third-order valence-corrected chi connectivity index (χ3v) is 8.44. The lowest BCUT2D eigenvalue weighted by atomic mass is 9.90. The van der Waals surface area contributed by atoms with Crippen LogP contribution in [0.3, 0.4) is 0 Å². The van der Waals surface area contributed by atoms with Crippen molar-refractivity contribution in [3.63, 3.8) is 0 Å². The normalized spacial score (nSPS) is 11.7. The molecular weight excluding hydrogens is 468 g/mol. The van der Waals surface area contributed by atoms with E-state index < -0.39 is 0 Å². The van der Waals surface area contributed by atoms with Crippen molar-refractivity contribution in [2.45, 2.75) is 40.0 Å². The van der Waals surface area contributed by atoms with Gasteiger partial charge in [-0.25, -0.2) is 0 Å². The van der Waals surface area contributed by atoms with E-state index in [-0.39, 0.29) is 0 Å². The Morgan fingerprint density at radius 1 is 0.649 bits per heavy atom. The van der Waals surface area contributed by atoms with Gasteiger partial charge in [0.15, 0.2) is 0 Å². The summed E-state index contributed by atoms with van der Waals surface area (Å²) < 4.78 is 0. The quantitative estimate of drug-likeness (QED) is 0.188. The average molecular weight is 509 g/mol. The van der Waals surface area contributed by atoms with Crippen LogP contribution in [0.15, 0.2) is 103 Å². The number of rotatable bonds is 12. The van der Waals surface area contributed by atoms with E-state index in [1.165, 1.54) is 37.8 Å². The highest BCUT2D eigenvalue weighted by Crippen LogP contribution is 2.38.